The SMILES string of the molecule is COc1ccc(CN(CCc2c[nH]c3ccccc23)C(=O)CN(C(=O)c2ccccc2F)C(C)C)cc1. The monoisotopic (exact) mass is 501 g/mol. The summed E-state index contributed by atoms with van der Waals surface area (Å²) < 4.78 is 19.6. The number of fused-ring (bicyclic) bond motifs is 1. The zero-order valence-electron chi connectivity index (χ0n) is 21.4. The quantitative estimate of drug-likeness (QED) is 0.315. The van der Waals surface area contributed by atoms with Crippen LogP contribution < -0.4 is 4.74 Å². The molecule has 0 aliphatic carbocycles. The van der Waals surface area contributed by atoms with E-state index in [4.69, 9.17) is 4.74 Å². The highest BCUT2D eigenvalue weighted by Crippen LogP contribution is 2.20. The molecule has 0 atom stereocenters. The van der Waals surface area contributed by atoms with E-state index in [2.05, 4.69) is 11.1 Å². The maximum Gasteiger partial charge on any atom is 0.257 e. The molecule has 1 aromatic heterocycles. The number of rotatable bonds is 10. The van der Waals surface area contributed by atoms with E-state index in [-0.39, 0.29) is 24.1 Å². The first kappa shape index (κ1) is 25.9. The highest BCUT2D eigenvalue weighted by Gasteiger charge is 2.26. The second-order valence-electron chi connectivity index (χ2n) is 9.28. The van der Waals surface area contributed by atoms with E-state index in [0.29, 0.717) is 19.5 Å². The number of ether oxygens (including phenoxy) is 1. The first-order valence-corrected chi connectivity index (χ1v) is 12.4. The molecule has 4 aromatic rings. The number of aromatic nitrogens is 1. The third-order valence-electron chi connectivity index (χ3n) is 6.51. The first-order chi connectivity index (χ1) is 17.9. The van der Waals surface area contributed by atoms with Gasteiger partial charge in [0, 0.05) is 36.2 Å². The lowest BCUT2D eigenvalue weighted by Crippen LogP contribution is -2.46. The molecule has 192 valence electrons. The van der Waals surface area contributed by atoms with Crippen LogP contribution in [0.4, 0.5) is 4.39 Å². The van der Waals surface area contributed by atoms with Crippen LogP contribution in [0.3, 0.4) is 0 Å². The topological polar surface area (TPSA) is 65.6 Å². The van der Waals surface area contributed by atoms with Crippen molar-refractivity contribution in [2.75, 3.05) is 20.2 Å². The predicted octanol–water partition coefficient (Wildman–Crippen LogP) is 5.44. The van der Waals surface area contributed by atoms with Gasteiger partial charge in [-0.15, -0.1) is 0 Å². The van der Waals surface area contributed by atoms with Crippen molar-refractivity contribution in [3.8, 4) is 5.75 Å². The van der Waals surface area contributed by atoms with Gasteiger partial charge in [0.05, 0.1) is 12.7 Å². The number of benzene rings is 3. The summed E-state index contributed by atoms with van der Waals surface area (Å²) in [7, 11) is 1.61. The van der Waals surface area contributed by atoms with Gasteiger partial charge >= 0.3 is 0 Å². The van der Waals surface area contributed by atoms with E-state index in [0.717, 1.165) is 27.8 Å². The van der Waals surface area contributed by atoms with Crippen LogP contribution in [0.5, 0.6) is 5.75 Å². The average Bonchev–Trinajstić information content (AvgIpc) is 3.32. The van der Waals surface area contributed by atoms with Crippen LogP contribution in [0, 0.1) is 5.82 Å². The first-order valence-electron chi connectivity index (χ1n) is 12.4. The molecule has 1 N–H and O–H groups in total. The zero-order valence-corrected chi connectivity index (χ0v) is 21.4. The molecular formula is C30H32FN3O3. The van der Waals surface area contributed by atoms with Crippen LogP contribution in [-0.2, 0) is 17.8 Å². The molecule has 0 saturated carbocycles. The minimum atomic E-state index is -0.597. The average molecular weight is 502 g/mol. The maximum atomic E-state index is 14.4. The van der Waals surface area contributed by atoms with E-state index in [1.54, 1.807) is 18.1 Å². The third-order valence-corrected chi connectivity index (χ3v) is 6.51. The van der Waals surface area contributed by atoms with E-state index in [1.165, 1.54) is 23.1 Å². The molecule has 0 aliphatic rings. The lowest BCUT2D eigenvalue weighted by atomic mass is 10.1. The molecule has 6 nitrogen and oxygen atoms in total. The van der Waals surface area contributed by atoms with E-state index < -0.39 is 11.7 Å². The molecule has 1 heterocycles. The van der Waals surface area contributed by atoms with Crippen molar-refractivity contribution in [1.82, 2.24) is 14.8 Å². The molecule has 0 aliphatic heterocycles. The maximum absolute atomic E-state index is 14.4. The summed E-state index contributed by atoms with van der Waals surface area (Å²) in [5.41, 5.74) is 3.08. The van der Waals surface area contributed by atoms with Gasteiger partial charge in [0.25, 0.3) is 5.91 Å². The van der Waals surface area contributed by atoms with Gasteiger partial charge in [0.15, 0.2) is 0 Å². The Hall–Kier alpha value is -4.13. The second kappa shape index (κ2) is 11.7. The molecule has 3 aromatic carbocycles. The Morgan fingerprint density at radius 2 is 1.68 bits per heavy atom. The number of nitrogens with one attached hydrogen (secondary N) is 1. The molecule has 0 radical (unpaired) electrons. The lowest BCUT2D eigenvalue weighted by Gasteiger charge is -2.30. The van der Waals surface area contributed by atoms with E-state index >= 15 is 0 Å². The summed E-state index contributed by atoms with van der Waals surface area (Å²) in [5, 5.41) is 1.12. The highest BCUT2D eigenvalue weighted by atomic mass is 19.1. The van der Waals surface area contributed by atoms with Gasteiger partial charge in [-0.05, 0) is 61.7 Å². The Bertz CT molecular complexity index is 1360. The van der Waals surface area contributed by atoms with E-state index in [9.17, 15) is 14.0 Å². The Morgan fingerprint density at radius 1 is 0.973 bits per heavy atom. The van der Waals surface area contributed by atoms with Gasteiger partial charge in [0.2, 0.25) is 5.91 Å². The number of hydrogen-bond acceptors (Lipinski definition) is 3. The zero-order chi connectivity index (χ0) is 26.4. The van der Waals surface area contributed by atoms with Crippen LogP contribution in [0.2, 0.25) is 0 Å². The van der Waals surface area contributed by atoms with Crippen molar-refractivity contribution in [3.05, 3.63) is 102 Å². The van der Waals surface area contributed by atoms with Crippen LogP contribution in [0.15, 0.2) is 79.0 Å². The molecule has 4 rings (SSSR count). The number of methoxy groups -OCH3 is 1. The van der Waals surface area contributed by atoms with Gasteiger partial charge in [-0.3, -0.25) is 9.59 Å². The Labute approximate surface area is 216 Å². The summed E-state index contributed by atoms with van der Waals surface area (Å²) in [6.07, 6.45) is 2.62. The molecule has 0 saturated heterocycles. The molecule has 0 bridgehead atoms. The smallest absolute Gasteiger partial charge is 0.257 e. The van der Waals surface area contributed by atoms with Crippen LogP contribution >= 0.6 is 0 Å². The third kappa shape index (κ3) is 6.17. The van der Waals surface area contributed by atoms with Gasteiger partial charge in [-0.2, -0.15) is 0 Å². The summed E-state index contributed by atoms with van der Waals surface area (Å²) in [6.45, 7) is 4.35. The number of halogens is 1. The molecule has 7 heteroatoms. The Kier molecular flexibility index (Phi) is 8.23. The van der Waals surface area contributed by atoms with Crippen molar-refractivity contribution >= 4 is 22.7 Å². The van der Waals surface area contributed by atoms with Gasteiger partial charge in [0.1, 0.15) is 18.1 Å². The standard InChI is InChI=1S/C30H32FN3O3/c1-21(2)34(30(36)26-9-4-6-10-27(26)31)20-29(35)33(19-22-12-14-24(37-3)15-13-22)17-16-23-18-32-28-11-7-5-8-25(23)28/h4-15,18,21,32H,16-17,19-20H2,1-3H3. The normalized spacial score (nSPS) is 11.1. The number of amides is 2. The minimum absolute atomic E-state index is 0.0375. The van der Waals surface area contributed by atoms with Crippen molar-refractivity contribution in [1.29, 1.82) is 0 Å². The minimum Gasteiger partial charge on any atom is -0.497 e. The Morgan fingerprint density at radius 3 is 2.38 bits per heavy atom. The van der Waals surface area contributed by atoms with Crippen LogP contribution in [0.1, 0.15) is 35.3 Å². The molecule has 0 spiro atoms. The summed E-state index contributed by atoms with van der Waals surface area (Å²) >= 11 is 0. The van der Waals surface area contributed by atoms with Crippen molar-refractivity contribution < 1.29 is 18.7 Å². The molecule has 37 heavy (non-hydrogen) atoms. The molecule has 0 unspecified atom stereocenters. The fourth-order valence-electron chi connectivity index (χ4n) is 4.36. The highest BCUT2D eigenvalue weighted by molar-refractivity contribution is 5.97. The summed E-state index contributed by atoms with van der Waals surface area (Å²) in [5.74, 6) is -0.557. The number of carbonyl (C=O) groups excluding carboxylic acids is 2. The van der Waals surface area contributed by atoms with Gasteiger partial charge in [-0.1, -0.05) is 42.5 Å². The molecule has 0 fully saturated rings. The van der Waals surface area contributed by atoms with Crippen molar-refractivity contribution in [2.24, 2.45) is 0 Å². The van der Waals surface area contributed by atoms with Gasteiger partial charge < -0.3 is 19.5 Å². The molecular weight excluding hydrogens is 469 g/mol. The summed E-state index contributed by atoms with van der Waals surface area (Å²) in [4.78, 5) is 33.3. The number of para-hydroxylation sites is 1. The lowest BCUT2D eigenvalue weighted by molar-refractivity contribution is -0.132. The Balaban J connectivity index is 1.56. The van der Waals surface area contributed by atoms with Crippen LogP contribution in [-0.4, -0.2) is 52.8 Å². The van der Waals surface area contributed by atoms with Crippen molar-refractivity contribution in [3.63, 3.8) is 0 Å². The number of carbonyl (C=O) groups is 2. The predicted molar refractivity (Wildman–Crippen MR) is 143 cm³/mol. The fourth-order valence-corrected chi connectivity index (χ4v) is 4.36. The largest absolute Gasteiger partial charge is 0.497 e. The second-order valence-corrected chi connectivity index (χ2v) is 9.28. The number of hydrogen-bond donors (Lipinski definition) is 1. The number of H-pyrrole nitrogens is 1. The van der Waals surface area contributed by atoms with Crippen LogP contribution in [0.25, 0.3) is 10.9 Å². The van der Waals surface area contributed by atoms with Gasteiger partial charge in [-0.25, -0.2) is 4.39 Å². The molecule has 2 amide bonds. The number of aromatic amines is 1. The summed E-state index contributed by atoms with van der Waals surface area (Å²) in [6, 6.07) is 21.2. The van der Waals surface area contributed by atoms with E-state index in [1.807, 2.05) is 62.5 Å². The number of nitrogens with zero attached hydrogens (tertiary/aromatic N) is 2. The fraction of sp³-hybridized carbons (Fsp3) is 0.267. The van der Waals surface area contributed by atoms with Crippen molar-refractivity contribution in [2.45, 2.75) is 32.9 Å².